The first-order valence-corrected chi connectivity index (χ1v) is 6.60. The number of benzene rings is 1. The van der Waals surface area contributed by atoms with Gasteiger partial charge in [0.05, 0.1) is 18.2 Å². The van der Waals surface area contributed by atoms with E-state index in [4.69, 9.17) is 5.73 Å². The van der Waals surface area contributed by atoms with Crippen molar-refractivity contribution in [1.29, 1.82) is 0 Å². The Morgan fingerprint density at radius 3 is 2.89 bits per heavy atom. The van der Waals surface area contributed by atoms with Gasteiger partial charge >= 0.3 is 0 Å². The van der Waals surface area contributed by atoms with Gasteiger partial charge in [0.15, 0.2) is 0 Å². The maximum absolute atomic E-state index is 13.8. The van der Waals surface area contributed by atoms with Gasteiger partial charge in [-0.05, 0) is 31.0 Å². The van der Waals surface area contributed by atoms with Gasteiger partial charge in [-0.15, -0.1) is 0 Å². The third kappa shape index (κ3) is 3.04. The molecule has 1 fully saturated rings. The molecule has 0 radical (unpaired) electrons. The third-order valence-electron chi connectivity index (χ3n) is 3.57. The number of nitrogens with zero attached hydrogens (tertiary/aromatic N) is 1. The van der Waals surface area contributed by atoms with Crippen LogP contribution in [-0.4, -0.2) is 35.1 Å². The molecular weight excluding hydrogens is 247 g/mol. The molecule has 4 nitrogen and oxygen atoms in total. The van der Waals surface area contributed by atoms with E-state index in [1.54, 1.807) is 4.90 Å². The second-order valence-corrected chi connectivity index (χ2v) is 4.92. The second kappa shape index (κ2) is 6.02. The zero-order valence-corrected chi connectivity index (χ0v) is 10.8. The summed E-state index contributed by atoms with van der Waals surface area (Å²) in [5.74, 6) is -0.968. The Balaban J connectivity index is 2.25. The Morgan fingerprint density at radius 2 is 2.21 bits per heavy atom. The lowest BCUT2D eigenvalue weighted by Gasteiger charge is -2.28. The summed E-state index contributed by atoms with van der Waals surface area (Å²) in [7, 11) is 0. The summed E-state index contributed by atoms with van der Waals surface area (Å²) < 4.78 is 13.8. The number of hydrogen-bond acceptors (Lipinski definition) is 3. The SMILES string of the molecule is Nc1ccc(C(=O)N2CCCCCC2CO)c(F)c1. The minimum Gasteiger partial charge on any atom is -0.399 e. The Bertz CT molecular complexity index is 465. The van der Waals surface area contributed by atoms with Crippen molar-refractivity contribution in [3.8, 4) is 0 Å². The average molecular weight is 266 g/mol. The molecule has 1 unspecified atom stereocenters. The summed E-state index contributed by atoms with van der Waals surface area (Å²) in [5, 5.41) is 9.39. The molecule has 1 aromatic rings. The number of rotatable bonds is 2. The lowest BCUT2D eigenvalue weighted by atomic mass is 10.1. The van der Waals surface area contributed by atoms with Crippen molar-refractivity contribution in [3.05, 3.63) is 29.6 Å². The van der Waals surface area contributed by atoms with Gasteiger partial charge < -0.3 is 15.7 Å². The van der Waals surface area contributed by atoms with Crippen molar-refractivity contribution < 1.29 is 14.3 Å². The standard InChI is InChI=1S/C14H19FN2O2/c15-13-8-10(16)5-6-12(13)14(19)17-7-3-1-2-4-11(17)9-18/h5-6,8,11,18H,1-4,7,9,16H2. The van der Waals surface area contributed by atoms with Crippen molar-refractivity contribution in [1.82, 2.24) is 4.90 Å². The number of amides is 1. The maximum atomic E-state index is 13.8. The highest BCUT2D eigenvalue weighted by molar-refractivity contribution is 5.95. The molecule has 19 heavy (non-hydrogen) atoms. The molecule has 1 aliphatic heterocycles. The fourth-order valence-electron chi connectivity index (χ4n) is 2.49. The minimum absolute atomic E-state index is 0.0227. The van der Waals surface area contributed by atoms with Gasteiger partial charge in [-0.3, -0.25) is 4.79 Å². The number of carbonyl (C=O) groups is 1. The van der Waals surface area contributed by atoms with Crippen LogP contribution in [0.25, 0.3) is 0 Å². The van der Waals surface area contributed by atoms with E-state index in [0.717, 1.165) is 31.7 Å². The van der Waals surface area contributed by atoms with Crippen LogP contribution in [0.3, 0.4) is 0 Å². The summed E-state index contributed by atoms with van der Waals surface area (Å²) in [6.07, 6.45) is 3.67. The van der Waals surface area contributed by atoms with Crippen LogP contribution in [0.1, 0.15) is 36.0 Å². The van der Waals surface area contributed by atoms with E-state index in [0.29, 0.717) is 12.2 Å². The first kappa shape index (κ1) is 13.8. The van der Waals surface area contributed by atoms with Gasteiger partial charge in [-0.1, -0.05) is 12.8 Å². The molecule has 1 heterocycles. The summed E-state index contributed by atoms with van der Waals surface area (Å²) in [6, 6.07) is 3.86. The lowest BCUT2D eigenvalue weighted by molar-refractivity contribution is 0.0595. The number of nitrogen functional groups attached to an aromatic ring is 1. The Morgan fingerprint density at radius 1 is 1.42 bits per heavy atom. The van der Waals surface area contributed by atoms with Crippen LogP contribution in [0.15, 0.2) is 18.2 Å². The highest BCUT2D eigenvalue weighted by atomic mass is 19.1. The van der Waals surface area contributed by atoms with Crippen molar-refractivity contribution in [3.63, 3.8) is 0 Å². The molecule has 1 atom stereocenters. The molecule has 1 aromatic carbocycles. The summed E-state index contributed by atoms with van der Waals surface area (Å²) in [4.78, 5) is 14.0. The zero-order chi connectivity index (χ0) is 13.8. The van der Waals surface area contributed by atoms with Gasteiger partial charge in [0.2, 0.25) is 0 Å². The van der Waals surface area contributed by atoms with Crippen LogP contribution in [0.5, 0.6) is 0 Å². The van der Waals surface area contributed by atoms with Gasteiger partial charge in [-0.2, -0.15) is 0 Å². The molecule has 5 heteroatoms. The topological polar surface area (TPSA) is 66.6 Å². The maximum Gasteiger partial charge on any atom is 0.257 e. The van der Waals surface area contributed by atoms with Crippen molar-refractivity contribution in [2.75, 3.05) is 18.9 Å². The number of anilines is 1. The van der Waals surface area contributed by atoms with Crippen LogP contribution in [0, 0.1) is 5.82 Å². The Hall–Kier alpha value is -1.62. The Labute approximate surface area is 112 Å². The monoisotopic (exact) mass is 266 g/mol. The largest absolute Gasteiger partial charge is 0.399 e. The predicted octanol–water partition coefficient (Wildman–Crippen LogP) is 1.79. The van der Waals surface area contributed by atoms with Crippen molar-refractivity contribution in [2.45, 2.75) is 31.7 Å². The highest BCUT2D eigenvalue weighted by Gasteiger charge is 2.27. The summed E-state index contributed by atoms with van der Waals surface area (Å²) in [6.45, 7) is 0.482. The molecule has 3 N–H and O–H groups in total. The number of aliphatic hydroxyl groups excluding tert-OH is 1. The van der Waals surface area contributed by atoms with Crippen LogP contribution in [0.2, 0.25) is 0 Å². The van der Waals surface area contributed by atoms with E-state index in [1.807, 2.05) is 0 Å². The van der Waals surface area contributed by atoms with Gasteiger partial charge in [0.1, 0.15) is 5.82 Å². The minimum atomic E-state index is -0.606. The quantitative estimate of drug-likeness (QED) is 0.802. The van der Waals surface area contributed by atoms with Gasteiger partial charge in [0, 0.05) is 12.2 Å². The molecule has 104 valence electrons. The first-order valence-electron chi connectivity index (χ1n) is 6.60. The van der Waals surface area contributed by atoms with E-state index in [2.05, 4.69) is 0 Å². The molecule has 0 spiro atoms. The van der Waals surface area contributed by atoms with E-state index in [9.17, 15) is 14.3 Å². The molecule has 1 aliphatic rings. The number of likely N-dealkylation sites (tertiary alicyclic amines) is 1. The highest BCUT2D eigenvalue weighted by Crippen LogP contribution is 2.21. The summed E-state index contributed by atoms with van der Waals surface area (Å²) >= 11 is 0. The van der Waals surface area contributed by atoms with E-state index >= 15 is 0 Å². The fraction of sp³-hybridized carbons (Fsp3) is 0.500. The van der Waals surface area contributed by atoms with Crippen LogP contribution in [-0.2, 0) is 0 Å². The lowest BCUT2D eigenvalue weighted by Crippen LogP contribution is -2.42. The Kier molecular flexibility index (Phi) is 4.37. The van der Waals surface area contributed by atoms with Gasteiger partial charge in [0.25, 0.3) is 5.91 Å². The molecular formula is C14H19FN2O2. The number of nitrogens with two attached hydrogens (primary N) is 1. The molecule has 1 amide bonds. The van der Waals surface area contributed by atoms with Gasteiger partial charge in [-0.25, -0.2) is 4.39 Å². The smallest absolute Gasteiger partial charge is 0.257 e. The molecule has 0 aliphatic carbocycles. The van der Waals surface area contributed by atoms with E-state index < -0.39 is 5.82 Å². The predicted molar refractivity (Wildman–Crippen MR) is 71.2 cm³/mol. The second-order valence-electron chi connectivity index (χ2n) is 4.92. The fourth-order valence-corrected chi connectivity index (χ4v) is 2.49. The molecule has 1 saturated heterocycles. The normalized spacial score (nSPS) is 20.1. The first-order chi connectivity index (χ1) is 9.13. The number of halogens is 1. The zero-order valence-electron chi connectivity index (χ0n) is 10.8. The van der Waals surface area contributed by atoms with Crippen LogP contribution in [0.4, 0.5) is 10.1 Å². The molecule has 0 bridgehead atoms. The average Bonchev–Trinajstić information content (AvgIpc) is 2.63. The van der Waals surface area contributed by atoms with Crippen LogP contribution >= 0.6 is 0 Å². The third-order valence-corrected chi connectivity index (χ3v) is 3.57. The number of carbonyl (C=O) groups excluding carboxylic acids is 1. The van der Waals surface area contributed by atoms with Crippen molar-refractivity contribution >= 4 is 11.6 Å². The number of hydrogen-bond donors (Lipinski definition) is 2. The molecule has 0 saturated carbocycles. The molecule has 2 rings (SSSR count). The van der Waals surface area contributed by atoms with Crippen LogP contribution < -0.4 is 5.73 Å². The molecule has 0 aromatic heterocycles. The van der Waals surface area contributed by atoms with Crippen molar-refractivity contribution in [2.24, 2.45) is 0 Å². The number of aliphatic hydroxyl groups is 1. The van der Waals surface area contributed by atoms with E-state index in [-0.39, 0.29) is 24.1 Å². The summed E-state index contributed by atoms with van der Waals surface area (Å²) in [5.41, 5.74) is 5.80. The van der Waals surface area contributed by atoms with E-state index in [1.165, 1.54) is 12.1 Å².